The Morgan fingerprint density at radius 2 is 1.80 bits per heavy atom. The van der Waals surface area contributed by atoms with Crippen molar-refractivity contribution in [2.75, 3.05) is 18.8 Å². The maximum absolute atomic E-state index is 15.0. The zero-order chi connectivity index (χ0) is 28.5. The van der Waals surface area contributed by atoms with Gasteiger partial charge in [0.1, 0.15) is 23.6 Å². The van der Waals surface area contributed by atoms with Crippen molar-refractivity contribution < 1.29 is 23.4 Å². The van der Waals surface area contributed by atoms with Gasteiger partial charge in [0.05, 0.1) is 12.1 Å². The maximum atomic E-state index is 15.0. The van der Waals surface area contributed by atoms with E-state index < -0.39 is 22.6 Å². The number of nitrogens with zero attached hydrogens (tertiary/aromatic N) is 3. The number of hydrogen-bond acceptors (Lipinski definition) is 6. The van der Waals surface area contributed by atoms with Gasteiger partial charge in [0, 0.05) is 19.0 Å². The van der Waals surface area contributed by atoms with Gasteiger partial charge in [0.25, 0.3) is 5.56 Å². The molecule has 8 nitrogen and oxygen atoms in total. The number of nitrogens with two attached hydrogens (primary N) is 1. The first-order chi connectivity index (χ1) is 19.0. The summed E-state index contributed by atoms with van der Waals surface area (Å²) in [5.41, 5.74) is 3.59. The number of rotatable bonds is 6. The summed E-state index contributed by atoms with van der Waals surface area (Å²) in [6.07, 6.45) is 2.89. The number of aliphatic hydroxyl groups is 1. The Morgan fingerprint density at radius 1 is 1.12 bits per heavy atom. The van der Waals surface area contributed by atoms with Crippen LogP contribution in [0.2, 0.25) is 0 Å². The van der Waals surface area contributed by atoms with E-state index in [1.165, 1.54) is 35.2 Å². The van der Waals surface area contributed by atoms with E-state index in [2.05, 4.69) is 4.98 Å². The van der Waals surface area contributed by atoms with Crippen LogP contribution in [0.1, 0.15) is 50.5 Å². The van der Waals surface area contributed by atoms with Crippen molar-refractivity contribution in [3.05, 3.63) is 82.7 Å². The smallest absolute Gasteiger partial charge is 0.280 e. The molecule has 1 saturated carbocycles. The van der Waals surface area contributed by atoms with Crippen molar-refractivity contribution in [2.24, 2.45) is 5.92 Å². The molecule has 2 fully saturated rings. The summed E-state index contributed by atoms with van der Waals surface area (Å²) in [5.74, 6) is -0.805. The Morgan fingerprint density at radius 3 is 2.48 bits per heavy atom. The summed E-state index contributed by atoms with van der Waals surface area (Å²) in [4.78, 5) is 32.4. The van der Waals surface area contributed by atoms with Crippen molar-refractivity contribution in [3.8, 4) is 11.6 Å². The van der Waals surface area contributed by atoms with E-state index in [1.807, 2.05) is 30.3 Å². The Hall–Kier alpha value is -3.79. The van der Waals surface area contributed by atoms with Crippen molar-refractivity contribution in [2.45, 2.75) is 62.8 Å². The highest BCUT2D eigenvalue weighted by Crippen LogP contribution is 2.45. The predicted octanol–water partition coefficient (Wildman–Crippen LogP) is 4.42. The Bertz CT molecular complexity index is 1400. The molecule has 0 radical (unpaired) electrons. The van der Waals surface area contributed by atoms with Crippen LogP contribution in [0.15, 0.2) is 65.7 Å². The number of likely N-dealkylation sites (tertiary alicyclic amines) is 1. The summed E-state index contributed by atoms with van der Waals surface area (Å²) >= 11 is 0. The number of ether oxygens (including phenoxy) is 1. The Kier molecular flexibility index (Phi) is 7.63. The summed E-state index contributed by atoms with van der Waals surface area (Å²) in [5, 5.41) is 11.3. The van der Waals surface area contributed by atoms with Gasteiger partial charge in [-0.3, -0.25) is 14.2 Å². The third-order valence-corrected chi connectivity index (χ3v) is 8.19. The first-order valence-electron chi connectivity index (χ1n) is 13.6. The van der Waals surface area contributed by atoms with Crippen molar-refractivity contribution in [3.63, 3.8) is 0 Å². The van der Waals surface area contributed by atoms with E-state index in [4.69, 9.17) is 10.5 Å². The van der Waals surface area contributed by atoms with Crippen LogP contribution < -0.4 is 16.0 Å². The molecule has 2 aliphatic rings. The molecule has 1 aliphatic carbocycles. The number of amides is 1. The largest absolute Gasteiger partial charge is 0.437 e. The van der Waals surface area contributed by atoms with Crippen molar-refractivity contribution in [1.82, 2.24) is 14.5 Å². The fourth-order valence-corrected chi connectivity index (χ4v) is 5.86. The Labute approximate surface area is 231 Å². The highest BCUT2D eigenvalue weighted by molar-refractivity contribution is 5.80. The second kappa shape index (κ2) is 11.0. The van der Waals surface area contributed by atoms with E-state index in [-0.39, 0.29) is 54.4 Å². The van der Waals surface area contributed by atoms with Crippen LogP contribution in [0.25, 0.3) is 0 Å². The third kappa shape index (κ3) is 6.01. The molecule has 40 heavy (non-hydrogen) atoms. The molecular weight excluding hydrogens is 518 g/mol. The molecule has 0 spiro atoms. The minimum Gasteiger partial charge on any atom is -0.437 e. The van der Waals surface area contributed by atoms with Gasteiger partial charge in [-0.05, 0) is 74.8 Å². The van der Waals surface area contributed by atoms with Gasteiger partial charge in [0.15, 0.2) is 5.69 Å². The van der Waals surface area contributed by atoms with E-state index in [1.54, 1.807) is 11.8 Å². The van der Waals surface area contributed by atoms with Crippen LogP contribution in [0.5, 0.6) is 11.6 Å². The third-order valence-electron chi connectivity index (χ3n) is 8.19. The quantitative estimate of drug-likeness (QED) is 0.468. The van der Waals surface area contributed by atoms with Crippen LogP contribution in [0.4, 0.5) is 14.5 Å². The average molecular weight is 553 g/mol. The molecule has 1 aromatic heterocycles. The molecule has 1 amide bonds. The first-order valence-corrected chi connectivity index (χ1v) is 13.6. The lowest BCUT2D eigenvalue weighted by molar-refractivity contribution is -0.143. The maximum Gasteiger partial charge on any atom is 0.280 e. The number of aromatic nitrogens is 2. The number of benzene rings is 2. The number of anilines is 1. The van der Waals surface area contributed by atoms with Crippen molar-refractivity contribution in [1.29, 1.82) is 0 Å². The van der Waals surface area contributed by atoms with Gasteiger partial charge < -0.3 is 20.5 Å². The molecular formula is C30H34F2N4O4. The SMILES string of the molecule is CC1(F)CC[C@@H](C(=O)N2CCC(O)(Cn3cnc(Oc4ccc(F)cc4)c(N)c3=O)CC2)[C@H](c2ccccc2)C1. The summed E-state index contributed by atoms with van der Waals surface area (Å²) in [6, 6.07) is 14.9. The highest BCUT2D eigenvalue weighted by atomic mass is 19.1. The fraction of sp³-hybridized carbons (Fsp3) is 0.433. The van der Waals surface area contributed by atoms with E-state index in [9.17, 15) is 23.5 Å². The molecule has 1 saturated heterocycles. The second-order valence-corrected chi connectivity index (χ2v) is 11.3. The van der Waals surface area contributed by atoms with Gasteiger partial charge in [-0.15, -0.1) is 0 Å². The predicted molar refractivity (Wildman–Crippen MR) is 146 cm³/mol. The first kappa shape index (κ1) is 27.8. The molecule has 1 aliphatic heterocycles. The van der Waals surface area contributed by atoms with Crippen molar-refractivity contribution >= 4 is 11.6 Å². The number of halogens is 2. The monoisotopic (exact) mass is 552 g/mol. The van der Waals surface area contributed by atoms with Gasteiger partial charge in [-0.2, -0.15) is 0 Å². The summed E-state index contributed by atoms with van der Waals surface area (Å²) in [7, 11) is 0. The van der Waals surface area contributed by atoms with Gasteiger partial charge >= 0.3 is 0 Å². The summed E-state index contributed by atoms with van der Waals surface area (Å²) < 4.78 is 34.9. The molecule has 1 unspecified atom stereocenters. The number of piperidine rings is 1. The molecule has 3 N–H and O–H groups in total. The van der Waals surface area contributed by atoms with E-state index in [0.29, 0.717) is 32.4 Å². The number of hydrogen-bond donors (Lipinski definition) is 2. The minimum atomic E-state index is -1.32. The molecule has 212 valence electrons. The molecule has 0 bridgehead atoms. The van der Waals surface area contributed by atoms with Crippen LogP contribution in [-0.2, 0) is 11.3 Å². The topological polar surface area (TPSA) is 111 Å². The van der Waals surface area contributed by atoms with Crippen LogP contribution in [0, 0.1) is 11.7 Å². The minimum absolute atomic E-state index is 0.0169. The van der Waals surface area contributed by atoms with Gasteiger partial charge in [-0.25, -0.2) is 13.8 Å². The lowest BCUT2D eigenvalue weighted by atomic mass is 9.69. The second-order valence-electron chi connectivity index (χ2n) is 11.3. The number of alkyl halides is 1. The zero-order valence-electron chi connectivity index (χ0n) is 22.4. The number of nitrogen functional groups attached to an aromatic ring is 1. The Balaban J connectivity index is 1.24. The number of carbonyl (C=O) groups excluding carboxylic acids is 1. The molecule has 2 aromatic carbocycles. The van der Waals surface area contributed by atoms with Crippen LogP contribution in [0.3, 0.4) is 0 Å². The van der Waals surface area contributed by atoms with E-state index in [0.717, 1.165) is 5.56 Å². The molecule has 3 atom stereocenters. The lowest BCUT2D eigenvalue weighted by Gasteiger charge is -2.43. The average Bonchev–Trinajstić information content (AvgIpc) is 2.94. The van der Waals surface area contributed by atoms with Crippen LogP contribution in [-0.4, -0.2) is 49.8 Å². The molecule has 2 heterocycles. The summed E-state index contributed by atoms with van der Waals surface area (Å²) in [6.45, 7) is 2.21. The molecule has 5 rings (SSSR count). The lowest BCUT2D eigenvalue weighted by Crippen LogP contribution is -2.52. The van der Waals surface area contributed by atoms with E-state index >= 15 is 0 Å². The molecule has 3 aromatic rings. The zero-order valence-corrected chi connectivity index (χ0v) is 22.4. The number of carbonyl (C=O) groups is 1. The van der Waals surface area contributed by atoms with Crippen LogP contribution >= 0.6 is 0 Å². The van der Waals surface area contributed by atoms with Gasteiger partial charge in [-0.1, -0.05) is 30.3 Å². The van der Waals surface area contributed by atoms with Gasteiger partial charge in [0.2, 0.25) is 11.8 Å². The standard InChI is InChI=1S/C30H34F2N4O4/c1-29(32)12-11-23(24(17-29)20-5-3-2-4-6-20)27(37)35-15-13-30(39,14-16-35)18-36-19-34-26(25(33)28(36)38)40-22-9-7-21(31)8-10-22/h2-10,19,23-24,39H,11-18,33H2,1H3/t23-,24+,29?/m1/s1. The highest BCUT2D eigenvalue weighted by Gasteiger charge is 2.44. The molecule has 10 heteroatoms. The fourth-order valence-electron chi connectivity index (χ4n) is 5.86. The normalized spacial score (nSPS) is 24.4.